The van der Waals surface area contributed by atoms with Crippen molar-refractivity contribution in [1.29, 1.82) is 0 Å². The second-order valence-corrected chi connectivity index (χ2v) is 6.22. The van der Waals surface area contributed by atoms with Gasteiger partial charge in [-0.05, 0) is 44.4 Å². The van der Waals surface area contributed by atoms with Gasteiger partial charge in [-0.3, -0.25) is 9.59 Å². The lowest BCUT2D eigenvalue weighted by atomic mass is 10.2. The van der Waals surface area contributed by atoms with Crippen LogP contribution in [0.25, 0.3) is 0 Å². The topological polar surface area (TPSA) is 76.0 Å². The van der Waals surface area contributed by atoms with Gasteiger partial charge in [-0.15, -0.1) is 0 Å². The van der Waals surface area contributed by atoms with Crippen molar-refractivity contribution in [3.05, 3.63) is 42.1 Å². The lowest BCUT2D eigenvalue weighted by Crippen LogP contribution is -2.18. The largest absolute Gasteiger partial charge is 0.326 e. The van der Waals surface area contributed by atoms with Crippen molar-refractivity contribution in [2.45, 2.75) is 39.2 Å². The molecule has 1 aliphatic carbocycles. The third-order valence-electron chi connectivity index (χ3n) is 4.26. The number of benzene rings is 1. The highest BCUT2D eigenvalue weighted by atomic mass is 16.2. The molecule has 2 aromatic rings. The van der Waals surface area contributed by atoms with Crippen LogP contribution in [0.2, 0.25) is 0 Å². The van der Waals surface area contributed by atoms with E-state index in [1.54, 1.807) is 41.2 Å². The summed E-state index contributed by atoms with van der Waals surface area (Å²) in [5, 5.41) is 10.0. The molecule has 1 fully saturated rings. The van der Waals surface area contributed by atoms with Crippen LogP contribution in [-0.2, 0) is 4.79 Å². The number of hydrogen-bond donors (Lipinski definition) is 2. The van der Waals surface area contributed by atoms with E-state index in [4.69, 9.17) is 0 Å². The number of nitrogens with zero attached hydrogens (tertiary/aromatic N) is 2. The third kappa shape index (κ3) is 3.64. The average Bonchev–Trinajstić information content (AvgIpc) is 3.34. The van der Waals surface area contributed by atoms with Crippen LogP contribution in [0.3, 0.4) is 0 Å². The van der Waals surface area contributed by atoms with Gasteiger partial charge in [0.25, 0.3) is 5.91 Å². The monoisotopic (exact) mass is 326 g/mol. The number of nitrogens with one attached hydrogen (secondary N) is 2. The van der Waals surface area contributed by atoms with E-state index in [2.05, 4.69) is 29.6 Å². The van der Waals surface area contributed by atoms with Crippen molar-refractivity contribution >= 4 is 23.3 Å². The van der Waals surface area contributed by atoms with Gasteiger partial charge >= 0.3 is 0 Å². The molecule has 6 nitrogen and oxygen atoms in total. The molecule has 0 aliphatic heterocycles. The smallest absolute Gasteiger partial charge is 0.256 e. The number of rotatable bonds is 6. The van der Waals surface area contributed by atoms with Crippen LogP contribution in [0.1, 0.15) is 49.5 Å². The van der Waals surface area contributed by atoms with E-state index in [9.17, 15) is 9.59 Å². The molecule has 1 aromatic carbocycles. The summed E-state index contributed by atoms with van der Waals surface area (Å²) in [6, 6.07) is 8.97. The first-order chi connectivity index (χ1) is 11.6. The minimum Gasteiger partial charge on any atom is -0.326 e. The van der Waals surface area contributed by atoms with Crippen molar-refractivity contribution in [2.24, 2.45) is 5.92 Å². The summed E-state index contributed by atoms with van der Waals surface area (Å²) in [5.74, 6) is 0.610. The van der Waals surface area contributed by atoms with Gasteiger partial charge in [0.15, 0.2) is 0 Å². The zero-order valence-electron chi connectivity index (χ0n) is 14.0. The van der Waals surface area contributed by atoms with Gasteiger partial charge in [0.05, 0.1) is 12.2 Å². The fourth-order valence-electron chi connectivity index (χ4n) is 2.45. The van der Waals surface area contributed by atoms with E-state index in [0.29, 0.717) is 17.1 Å². The third-order valence-corrected chi connectivity index (χ3v) is 4.26. The molecule has 24 heavy (non-hydrogen) atoms. The van der Waals surface area contributed by atoms with Gasteiger partial charge in [0, 0.05) is 23.2 Å². The SMILES string of the molecule is CC[C@H](C)n1nccc1NC(=O)c1cccc(NC(=O)C2CC2)c1. The lowest BCUT2D eigenvalue weighted by Gasteiger charge is -2.14. The maximum Gasteiger partial charge on any atom is 0.256 e. The summed E-state index contributed by atoms with van der Waals surface area (Å²) < 4.78 is 1.80. The van der Waals surface area contributed by atoms with Crippen molar-refractivity contribution in [2.75, 3.05) is 10.6 Å². The van der Waals surface area contributed by atoms with E-state index >= 15 is 0 Å². The van der Waals surface area contributed by atoms with Gasteiger partial charge in [-0.25, -0.2) is 4.68 Å². The fraction of sp³-hybridized carbons (Fsp3) is 0.389. The molecule has 1 aromatic heterocycles. The lowest BCUT2D eigenvalue weighted by molar-refractivity contribution is -0.117. The molecule has 3 rings (SSSR count). The summed E-state index contributed by atoms with van der Waals surface area (Å²) >= 11 is 0. The summed E-state index contributed by atoms with van der Waals surface area (Å²) in [6.45, 7) is 4.13. The van der Waals surface area contributed by atoms with E-state index in [-0.39, 0.29) is 23.8 Å². The molecule has 2 N–H and O–H groups in total. The first-order valence-electron chi connectivity index (χ1n) is 8.34. The van der Waals surface area contributed by atoms with Crippen LogP contribution >= 0.6 is 0 Å². The molecule has 1 aliphatic rings. The van der Waals surface area contributed by atoms with Gasteiger partial charge in [-0.1, -0.05) is 13.0 Å². The van der Waals surface area contributed by atoms with Gasteiger partial charge < -0.3 is 10.6 Å². The van der Waals surface area contributed by atoms with Crippen LogP contribution in [0.4, 0.5) is 11.5 Å². The van der Waals surface area contributed by atoms with Gasteiger partial charge in [0.2, 0.25) is 5.91 Å². The molecule has 126 valence electrons. The van der Waals surface area contributed by atoms with E-state index < -0.39 is 0 Å². The highest BCUT2D eigenvalue weighted by Gasteiger charge is 2.29. The molecule has 2 amide bonds. The number of anilines is 2. The highest BCUT2D eigenvalue weighted by molar-refractivity contribution is 6.05. The maximum atomic E-state index is 12.5. The van der Waals surface area contributed by atoms with E-state index in [1.165, 1.54) is 0 Å². The zero-order chi connectivity index (χ0) is 17.1. The molecular formula is C18H22N4O2. The summed E-state index contributed by atoms with van der Waals surface area (Å²) in [4.78, 5) is 24.3. The molecule has 0 spiro atoms. The second-order valence-electron chi connectivity index (χ2n) is 6.22. The standard InChI is InChI=1S/C18H22N4O2/c1-3-12(2)22-16(9-10-19-22)21-18(24)14-5-4-6-15(11-14)20-17(23)13-7-8-13/h4-6,9-13H,3,7-8H2,1-2H3,(H,20,23)(H,21,24)/t12-/m0/s1. The predicted molar refractivity (Wildman–Crippen MR) is 93.0 cm³/mol. The highest BCUT2D eigenvalue weighted by Crippen LogP contribution is 2.30. The van der Waals surface area contributed by atoms with Crippen molar-refractivity contribution < 1.29 is 9.59 Å². The molecule has 6 heteroatoms. The Morgan fingerprint density at radius 2 is 2.08 bits per heavy atom. The Hall–Kier alpha value is -2.63. The number of hydrogen-bond acceptors (Lipinski definition) is 3. The summed E-state index contributed by atoms with van der Waals surface area (Å²) in [6.07, 6.45) is 4.50. The van der Waals surface area contributed by atoms with Crippen LogP contribution in [0.15, 0.2) is 36.5 Å². The normalized spacial score (nSPS) is 14.9. The number of carbonyl (C=O) groups excluding carboxylic acids is 2. The minimum absolute atomic E-state index is 0.0300. The maximum absolute atomic E-state index is 12.5. The minimum atomic E-state index is -0.220. The molecule has 1 heterocycles. The van der Waals surface area contributed by atoms with Crippen molar-refractivity contribution in [3.63, 3.8) is 0 Å². The fourth-order valence-corrected chi connectivity index (χ4v) is 2.45. The Morgan fingerprint density at radius 3 is 2.79 bits per heavy atom. The molecule has 0 radical (unpaired) electrons. The zero-order valence-corrected chi connectivity index (χ0v) is 14.0. The molecule has 1 saturated carbocycles. The van der Waals surface area contributed by atoms with Crippen LogP contribution in [-0.4, -0.2) is 21.6 Å². The van der Waals surface area contributed by atoms with E-state index in [1.807, 2.05) is 0 Å². The Balaban J connectivity index is 1.71. The number of amides is 2. The second kappa shape index (κ2) is 6.86. The molecule has 0 saturated heterocycles. The van der Waals surface area contributed by atoms with Crippen LogP contribution in [0.5, 0.6) is 0 Å². The van der Waals surface area contributed by atoms with Crippen molar-refractivity contribution in [1.82, 2.24) is 9.78 Å². The Bertz CT molecular complexity index is 749. The summed E-state index contributed by atoms with van der Waals surface area (Å²) in [5.41, 5.74) is 1.15. The summed E-state index contributed by atoms with van der Waals surface area (Å²) in [7, 11) is 0. The van der Waals surface area contributed by atoms with Crippen molar-refractivity contribution in [3.8, 4) is 0 Å². The molecule has 1 atom stereocenters. The Morgan fingerprint density at radius 1 is 1.29 bits per heavy atom. The first kappa shape index (κ1) is 16.2. The molecular weight excluding hydrogens is 304 g/mol. The predicted octanol–water partition coefficient (Wildman–Crippen LogP) is 3.45. The first-order valence-corrected chi connectivity index (χ1v) is 8.34. The van der Waals surface area contributed by atoms with Gasteiger partial charge in [-0.2, -0.15) is 5.10 Å². The van der Waals surface area contributed by atoms with Crippen LogP contribution < -0.4 is 10.6 Å². The number of aromatic nitrogens is 2. The van der Waals surface area contributed by atoms with Crippen LogP contribution in [0, 0.1) is 5.92 Å². The Kier molecular flexibility index (Phi) is 4.64. The van der Waals surface area contributed by atoms with Gasteiger partial charge in [0.1, 0.15) is 5.82 Å². The Labute approximate surface area is 141 Å². The number of carbonyl (C=O) groups is 2. The molecule has 0 bridgehead atoms. The molecule has 0 unspecified atom stereocenters. The van der Waals surface area contributed by atoms with E-state index in [0.717, 1.165) is 19.3 Å². The average molecular weight is 326 g/mol. The quantitative estimate of drug-likeness (QED) is 0.853.